The van der Waals surface area contributed by atoms with E-state index in [2.05, 4.69) is 13.8 Å². The zero-order valence-electron chi connectivity index (χ0n) is 9.50. The first-order valence-corrected chi connectivity index (χ1v) is 4.95. The van der Waals surface area contributed by atoms with Gasteiger partial charge in [0.2, 0.25) is 0 Å². The summed E-state index contributed by atoms with van der Waals surface area (Å²) in [6.45, 7) is 7.93. The Morgan fingerprint density at radius 1 is 1.23 bits per heavy atom. The topological polar surface area (TPSA) is 23.6 Å². The van der Waals surface area contributed by atoms with E-state index in [1.807, 2.05) is 21.0 Å². The van der Waals surface area contributed by atoms with Crippen molar-refractivity contribution in [2.24, 2.45) is 5.92 Å². The van der Waals surface area contributed by atoms with Gasteiger partial charge in [0.25, 0.3) is 0 Å². The van der Waals surface area contributed by atoms with Crippen molar-refractivity contribution in [1.82, 2.24) is 9.80 Å². The third-order valence-corrected chi connectivity index (χ3v) is 2.17. The molecule has 0 aliphatic carbocycles. The molecule has 0 bridgehead atoms. The fraction of sp³-hybridized carbons (Fsp3) is 0.900. The van der Waals surface area contributed by atoms with Crippen LogP contribution in [0.2, 0.25) is 0 Å². The molecule has 0 saturated heterocycles. The van der Waals surface area contributed by atoms with E-state index in [-0.39, 0.29) is 6.03 Å². The quantitative estimate of drug-likeness (QED) is 0.659. The number of urea groups is 1. The van der Waals surface area contributed by atoms with Gasteiger partial charge in [-0.15, -0.1) is 0 Å². The summed E-state index contributed by atoms with van der Waals surface area (Å²) in [6, 6.07) is 0.114. The van der Waals surface area contributed by atoms with Crippen molar-refractivity contribution in [3.63, 3.8) is 0 Å². The molecule has 0 N–H and O–H groups in total. The average Bonchev–Trinajstić information content (AvgIpc) is 2.11. The highest BCUT2D eigenvalue weighted by Gasteiger charge is 2.11. The van der Waals surface area contributed by atoms with Crippen LogP contribution < -0.4 is 0 Å². The van der Waals surface area contributed by atoms with Gasteiger partial charge >= 0.3 is 6.03 Å². The molecule has 0 aromatic heterocycles. The first-order chi connectivity index (χ1) is 5.99. The van der Waals surface area contributed by atoms with Gasteiger partial charge in [0.15, 0.2) is 0 Å². The molecule has 0 aromatic rings. The van der Waals surface area contributed by atoms with Crippen molar-refractivity contribution in [3.05, 3.63) is 0 Å². The zero-order chi connectivity index (χ0) is 10.4. The Bertz CT molecular complexity index is 157. The van der Waals surface area contributed by atoms with E-state index in [4.69, 9.17) is 0 Å². The van der Waals surface area contributed by atoms with Crippen molar-refractivity contribution in [2.75, 3.05) is 27.2 Å². The maximum absolute atomic E-state index is 11.5. The predicted octanol–water partition coefficient (Wildman–Crippen LogP) is 2.04. The maximum atomic E-state index is 11.5. The van der Waals surface area contributed by atoms with Crippen molar-refractivity contribution >= 4 is 6.03 Å². The minimum atomic E-state index is 0.114. The third kappa shape index (κ3) is 4.76. The largest absolute Gasteiger partial charge is 0.328 e. The second kappa shape index (κ2) is 5.84. The number of hydrogen-bond acceptors (Lipinski definition) is 1. The standard InChI is InChI=1S/C10H22N2O/c1-6-11(4)10(13)12(5)8-7-9(2)3/h9H,6-8H2,1-5H3. The molecule has 3 nitrogen and oxygen atoms in total. The van der Waals surface area contributed by atoms with E-state index in [1.165, 1.54) is 0 Å². The second-order valence-corrected chi connectivity index (χ2v) is 3.90. The zero-order valence-corrected chi connectivity index (χ0v) is 9.50. The van der Waals surface area contributed by atoms with E-state index < -0.39 is 0 Å². The van der Waals surface area contributed by atoms with E-state index in [9.17, 15) is 4.79 Å². The van der Waals surface area contributed by atoms with Crippen LogP contribution in [-0.4, -0.2) is 43.0 Å². The fourth-order valence-corrected chi connectivity index (χ4v) is 0.974. The van der Waals surface area contributed by atoms with Gasteiger partial charge in [0.1, 0.15) is 0 Å². The molecule has 78 valence electrons. The highest BCUT2D eigenvalue weighted by molar-refractivity contribution is 5.73. The summed E-state index contributed by atoms with van der Waals surface area (Å²) >= 11 is 0. The van der Waals surface area contributed by atoms with Crippen LogP contribution in [0, 0.1) is 5.92 Å². The molecule has 0 aliphatic heterocycles. The number of rotatable bonds is 4. The van der Waals surface area contributed by atoms with Crippen molar-refractivity contribution < 1.29 is 4.79 Å². The lowest BCUT2D eigenvalue weighted by molar-refractivity contribution is 0.173. The lowest BCUT2D eigenvalue weighted by atomic mass is 10.1. The Morgan fingerprint density at radius 3 is 2.15 bits per heavy atom. The first kappa shape index (κ1) is 12.3. The van der Waals surface area contributed by atoms with Gasteiger partial charge in [-0.25, -0.2) is 4.79 Å². The number of carbonyl (C=O) groups is 1. The second-order valence-electron chi connectivity index (χ2n) is 3.90. The van der Waals surface area contributed by atoms with Crippen LogP contribution in [0.15, 0.2) is 0 Å². The molecule has 0 atom stereocenters. The van der Waals surface area contributed by atoms with Crippen molar-refractivity contribution in [1.29, 1.82) is 0 Å². The molecule has 2 amide bonds. The normalized spacial score (nSPS) is 10.3. The minimum absolute atomic E-state index is 0.114. The molecule has 0 unspecified atom stereocenters. The van der Waals surface area contributed by atoms with Gasteiger partial charge < -0.3 is 9.80 Å². The van der Waals surface area contributed by atoms with E-state index in [0.29, 0.717) is 5.92 Å². The predicted molar refractivity (Wildman–Crippen MR) is 55.8 cm³/mol. The molecule has 0 heterocycles. The van der Waals surface area contributed by atoms with Gasteiger partial charge in [-0.3, -0.25) is 0 Å². The molecule has 0 fully saturated rings. The van der Waals surface area contributed by atoms with Gasteiger partial charge in [-0.1, -0.05) is 13.8 Å². The lowest BCUT2D eigenvalue weighted by Gasteiger charge is -2.24. The Kier molecular flexibility index (Phi) is 5.51. The van der Waals surface area contributed by atoms with Crippen LogP contribution >= 0.6 is 0 Å². The number of amides is 2. The third-order valence-electron chi connectivity index (χ3n) is 2.17. The molecule has 0 spiro atoms. The minimum Gasteiger partial charge on any atom is -0.328 e. The number of carbonyl (C=O) groups excluding carboxylic acids is 1. The smallest absolute Gasteiger partial charge is 0.319 e. The Morgan fingerprint density at radius 2 is 1.77 bits per heavy atom. The number of hydrogen-bond donors (Lipinski definition) is 0. The summed E-state index contributed by atoms with van der Waals surface area (Å²) in [7, 11) is 3.69. The molecule has 0 rings (SSSR count). The van der Waals surface area contributed by atoms with Gasteiger partial charge in [-0.05, 0) is 19.3 Å². The fourth-order valence-electron chi connectivity index (χ4n) is 0.974. The maximum Gasteiger partial charge on any atom is 0.319 e. The van der Waals surface area contributed by atoms with Crippen molar-refractivity contribution in [2.45, 2.75) is 27.2 Å². The molecular weight excluding hydrogens is 164 g/mol. The lowest BCUT2D eigenvalue weighted by Crippen LogP contribution is -2.39. The van der Waals surface area contributed by atoms with E-state index >= 15 is 0 Å². The van der Waals surface area contributed by atoms with Gasteiger partial charge in [0.05, 0.1) is 0 Å². The molecule has 0 saturated carbocycles. The molecule has 0 aliphatic rings. The van der Waals surface area contributed by atoms with Crippen LogP contribution in [0.25, 0.3) is 0 Å². The number of nitrogens with zero attached hydrogens (tertiary/aromatic N) is 2. The molecule has 0 radical (unpaired) electrons. The van der Waals surface area contributed by atoms with Crippen LogP contribution in [-0.2, 0) is 0 Å². The molecule has 0 aromatic carbocycles. The van der Waals surface area contributed by atoms with Crippen LogP contribution in [0.4, 0.5) is 4.79 Å². The summed E-state index contributed by atoms with van der Waals surface area (Å²) in [4.78, 5) is 15.0. The van der Waals surface area contributed by atoms with Crippen molar-refractivity contribution in [3.8, 4) is 0 Å². The van der Waals surface area contributed by atoms with Gasteiger partial charge in [0, 0.05) is 27.2 Å². The Hall–Kier alpha value is -0.730. The first-order valence-electron chi connectivity index (χ1n) is 4.95. The summed E-state index contributed by atoms with van der Waals surface area (Å²) in [5, 5.41) is 0. The Balaban J connectivity index is 3.82. The van der Waals surface area contributed by atoms with Crippen LogP contribution in [0.1, 0.15) is 27.2 Å². The average molecular weight is 186 g/mol. The summed E-state index contributed by atoms with van der Waals surface area (Å²) < 4.78 is 0. The van der Waals surface area contributed by atoms with Gasteiger partial charge in [-0.2, -0.15) is 0 Å². The highest BCUT2D eigenvalue weighted by Crippen LogP contribution is 2.02. The summed E-state index contributed by atoms with van der Waals surface area (Å²) in [5.74, 6) is 0.655. The molecular formula is C10H22N2O. The molecule has 3 heteroatoms. The summed E-state index contributed by atoms with van der Waals surface area (Å²) in [5.41, 5.74) is 0. The van der Waals surface area contributed by atoms with Crippen LogP contribution in [0.5, 0.6) is 0 Å². The van der Waals surface area contributed by atoms with E-state index in [1.54, 1.807) is 9.80 Å². The Labute approximate surface area is 81.7 Å². The summed E-state index contributed by atoms with van der Waals surface area (Å²) in [6.07, 6.45) is 1.07. The highest BCUT2D eigenvalue weighted by atomic mass is 16.2. The van der Waals surface area contributed by atoms with Crippen LogP contribution in [0.3, 0.4) is 0 Å². The monoisotopic (exact) mass is 186 g/mol. The molecule has 13 heavy (non-hydrogen) atoms. The SMILES string of the molecule is CCN(C)C(=O)N(C)CCC(C)C. The van der Waals surface area contributed by atoms with E-state index in [0.717, 1.165) is 19.5 Å².